The molecule has 1 aliphatic heterocycles. The van der Waals surface area contributed by atoms with E-state index >= 15 is 0 Å². The fourth-order valence-electron chi connectivity index (χ4n) is 3.74. The van der Waals surface area contributed by atoms with Crippen molar-refractivity contribution >= 4 is 35.8 Å². The molecule has 0 radical (unpaired) electrons. The van der Waals surface area contributed by atoms with Crippen LogP contribution in [0.25, 0.3) is 11.1 Å². The van der Waals surface area contributed by atoms with E-state index in [-0.39, 0.29) is 18.3 Å². The van der Waals surface area contributed by atoms with Crippen LogP contribution in [0.2, 0.25) is 0 Å². The Bertz CT molecular complexity index is 958. The molecule has 0 aliphatic carbocycles. The Morgan fingerprint density at radius 3 is 2.23 bits per heavy atom. The zero-order valence-corrected chi connectivity index (χ0v) is 18.6. The number of amides is 1. The van der Waals surface area contributed by atoms with Gasteiger partial charge in [0.25, 0.3) is 5.91 Å². The summed E-state index contributed by atoms with van der Waals surface area (Å²) in [7, 11) is 0. The molecular formula is C25H27ClN2OS. The van der Waals surface area contributed by atoms with Gasteiger partial charge in [-0.15, -0.1) is 24.2 Å². The van der Waals surface area contributed by atoms with Gasteiger partial charge in [-0.3, -0.25) is 4.79 Å². The molecule has 0 unspecified atom stereocenters. The number of nitrogens with one attached hydrogen (secondary N) is 1. The van der Waals surface area contributed by atoms with Gasteiger partial charge in [-0.1, -0.05) is 54.6 Å². The molecule has 1 amide bonds. The number of hydrogen-bond donors (Lipinski definition) is 1. The van der Waals surface area contributed by atoms with Crippen LogP contribution in [-0.2, 0) is 0 Å². The van der Waals surface area contributed by atoms with Crippen LogP contribution in [0.15, 0.2) is 83.8 Å². The molecule has 30 heavy (non-hydrogen) atoms. The Labute approximate surface area is 189 Å². The second-order valence-corrected chi connectivity index (χ2v) is 8.40. The number of anilines is 1. The summed E-state index contributed by atoms with van der Waals surface area (Å²) in [5.41, 5.74) is 3.60. The Morgan fingerprint density at radius 2 is 1.47 bits per heavy atom. The van der Waals surface area contributed by atoms with Gasteiger partial charge in [-0.25, -0.2) is 0 Å². The van der Waals surface area contributed by atoms with Crippen LogP contribution < -0.4 is 5.32 Å². The van der Waals surface area contributed by atoms with Crippen molar-refractivity contribution in [3.05, 3.63) is 84.4 Å². The van der Waals surface area contributed by atoms with Crippen molar-refractivity contribution < 1.29 is 4.79 Å². The van der Waals surface area contributed by atoms with E-state index in [2.05, 4.69) is 28.4 Å². The number of para-hydroxylation sites is 1. The molecule has 1 N–H and O–H groups in total. The second-order valence-electron chi connectivity index (χ2n) is 7.26. The van der Waals surface area contributed by atoms with E-state index in [0.717, 1.165) is 29.1 Å². The summed E-state index contributed by atoms with van der Waals surface area (Å²) < 4.78 is 0. The average Bonchev–Trinajstić information content (AvgIpc) is 3.28. The van der Waals surface area contributed by atoms with E-state index in [1.54, 1.807) is 0 Å². The van der Waals surface area contributed by atoms with E-state index in [1.807, 2.05) is 72.4 Å². The van der Waals surface area contributed by atoms with Gasteiger partial charge in [0.1, 0.15) is 0 Å². The van der Waals surface area contributed by atoms with Gasteiger partial charge in [0.15, 0.2) is 0 Å². The summed E-state index contributed by atoms with van der Waals surface area (Å²) in [6.45, 7) is 3.57. The standard InChI is InChI=1S/C25H26N2OS.ClH/c28-25(26-20-10-2-1-3-11-20)23-14-5-4-12-21(23)22-13-6-7-15-24(22)29-19-18-27-16-8-9-17-27;/h1-7,10-15H,8-9,16-19H2,(H,26,28);1H. The summed E-state index contributed by atoms with van der Waals surface area (Å²) in [5, 5.41) is 3.02. The summed E-state index contributed by atoms with van der Waals surface area (Å²) >= 11 is 1.88. The third kappa shape index (κ3) is 5.66. The minimum atomic E-state index is -0.0799. The summed E-state index contributed by atoms with van der Waals surface area (Å²) in [5.74, 6) is 0.985. The SMILES string of the molecule is Cl.O=C(Nc1ccccc1)c1ccccc1-c1ccccc1SCCN1CCCC1. The number of likely N-dealkylation sites (tertiary alicyclic amines) is 1. The quantitative estimate of drug-likeness (QED) is 0.444. The van der Waals surface area contributed by atoms with Crippen molar-refractivity contribution in [1.82, 2.24) is 4.90 Å². The Kier molecular flexibility index (Phi) is 8.38. The lowest BCUT2D eigenvalue weighted by Crippen LogP contribution is -2.21. The number of nitrogens with zero attached hydrogens (tertiary/aromatic N) is 1. The van der Waals surface area contributed by atoms with Gasteiger partial charge < -0.3 is 10.2 Å². The van der Waals surface area contributed by atoms with Crippen LogP contribution in [0.3, 0.4) is 0 Å². The first kappa shape index (κ1) is 22.4. The molecule has 0 bridgehead atoms. The van der Waals surface area contributed by atoms with Crippen LogP contribution in [0.1, 0.15) is 23.2 Å². The van der Waals surface area contributed by atoms with Crippen molar-refractivity contribution in [2.24, 2.45) is 0 Å². The van der Waals surface area contributed by atoms with Gasteiger partial charge in [-0.05, 0) is 61.3 Å². The summed E-state index contributed by atoms with van der Waals surface area (Å²) in [6, 6.07) is 25.9. The Balaban J connectivity index is 0.00000256. The molecule has 3 aromatic carbocycles. The number of thioether (sulfide) groups is 1. The van der Waals surface area contributed by atoms with Gasteiger partial charge in [0, 0.05) is 28.4 Å². The zero-order chi connectivity index (χ0) is 19.9. The topological polar surface area (TPSA) is 32.3 Å². The fourth-order valence-corrected chi connectivity index (χ4v) is 4.82. The normalized spacial score (nSPS) is 13.6. The second kappa shape index (κ2) is 11.2. The van der Waals surface area contributed by atoms with E-state index in [4.69, 9.17) is 0 Å². The molecule has 5 heteroatoms. The highest BCUT2D eigenvalue weighted by molar-refractivity contribution is 7.99. The Morgan fingerprint density at radius 1 is 0.833 bits per heavy atom. The smallest absolute Gasteiger partial charge is 0.256 e. The number of carbonyl (C=O) groups is 1. The first-order chi connectivity index (χ1) is 14.3. The van der Waals surface area contributed by atoms with E-state index in [0.29, 0.717) is 5.56 Å². The molecule has 3 aromatic rings. The largest absolute Gasteiger partial charge is 0.322 e. The maximum absolute atomic E-state index is 13.0. The van der Waals surface area contributed by atoms with Gasteiger partial charge in [0.2, 0.25) is 0 Å². The highest BCUT2D eigenvalue weighted by Gasteiger charge is 2.16. The number of benzene rings is 3. The van der Waals surface area contributed by atoms with Crippen LogP contribution in [0.5, 0.6) is 0 Å². The molecule has 1 aliphatic rings. The van der Waals surface area contributed by atoms with E-state index < -0.39 is 0 Å². The fraction of sp³-hybridized carbons (Fsp3) is 0.240. The molecule has 4 rings (SSSR count). The van der Waals surface area contributed by atoms with Crippen molar-refractivity contribution in [3.8, 4) is 11.1 Å². The molecule has 3 nitrogen and oxygen atoms in total. The maximum atomic E-state index is 13.0. The van der Waals surface area contributed by atoms with Crippen LogP contribution >= 0.6 is 24.2 Å². The first-order valence-electron chi connectivity index (χ1n) is 10.2. The van der Waals surface area contributed by atoms with Crippen LogP contribution in [-0.4, -0.2) is 36.2 Å². The number of halogens is 1. The molecule has 156 valence electrons. The minimum Gasteiger partial charge on any atom is -0.322 e. The average molecular weight is 439 g/mol. The van der Waals surface area contributed by atoms with E-state index in [1.165, 1.54) is 30.8 Å². The van der Waals surface area contributed by atoms with Crippen molar-refractivity contribution in [1.29, 1.82) is 0 Å². The molecule has 1 fully saturated rings. The third-order valence-corrected chi connectivity index (χ3v) is 6.30. The van der Waals surface area contributed by atoms with Gasteiger partial charge in [0.05, 0.1) is 0 Å². The van der Waals surface area contributed by atoms with Crippen molar-refractivity contribution in [3.63, 3.8) is 0 Å². The molecule has 0 atom stereocenters. The van der Waals surface area contributed by atoms with Gasteiger partial charge >= 0.3 is 0 Å². The first-order valence-corrected chi connectivity index (χ1v) is 11.2. The molecule has 1 saturated heterocycles. The molecule has 0 spiro atoms. The maximum Gasteiger partial charge on any atom is 0.256 e. The zero-order valence-electron chi connectivity index (χ0n) is 16.9. The number of rotatable bonds is 7. The minimum absolute atomic E-state index is 0. The van der Waals surface area contributed by atoms with E-state index in [9.17, 15) is 4.79 Å². The number of hydrogen-bond acceptors (Lipinski definition) is 3. The Hall–Kier alpha value is -2.27. The lowest BCUT2D eigenvalue weighted by atomic mass is 9.99. The monoisotopic (exact) mass is 438 g/mol. The molecule has 1 heterocycles. The van der Waals surface area contributed by atoms with Crippen LogP contribution in [0, 0.1) is 0 Å². The highest BCUT2D eigenvalue weighted by atomic mass is 35.5. The van der Waals surface area contributed by atoms with Gasteiger partial charge in [-0.2, -0.15) is 0 Å². The molecule has 0 saturated carbocycles. The molecular weight excluding hydrogens is 412 g/mol. The lowest BCUT2D eigenvalue weighted by molar-refractivity contribution is 0.102. The summed E-state index contributed by atoms with van der Waals surface area (Å²) in [6.07, 6.45) is 2.65. The number of carbonyl (C=O) groups excluding carboxylic acids is 1. The van der Waals surface area contributed by atoms with Crippen molar-refractivity contribution in [2.75, 3.05) is 30.7 Å². The lowest BCUT2D eigenvalue weighted by Gasteiger charge is -2.16. The third-order valence-electron chi connectivity index (χ3n) is 5.24. The predicted octanol–water partition coefficient (Wildman–Crippen LogP) is 6.22. The van der Waals surface area contributed by atoms with Crippen molar-refractivity contribution in [2.45, 2.75) is 17.7 Å². The highest BCUT2D eigenvalue weighted by Crippen LogP contribution is 2.34. The van der Waals surface area contributed by atoms with Crippen LogP contribution in [0.4, 0.5) is 5.69 Å². The molecule has 0 aromatic heterocycles. The summed E-state index contributed by atoms with van der Waals surface area (Å²) in [4.78, 5) is 16.7. The predicted molar refractivity (Wildman–Crippen MR) is 130 cm³/mol.